The third-order valence-corrected chi connectivity index (χ3v) is 4.13. The van der Waals surface area contributed by atoms with E-state index in [2.05, 4.69) is 5.32 Å². The number of nitrogens with one attached hydrogen (secondary N) is 1. The summed E-state index contributed by atoms with van der Waals surface area (Å²) in [4.78, 5) is 22.6. The molecule has 1 aliphatic rings. The Kier molecular flexibility index (Phi) is 4.97. The molecule has 2 N–H and O–H groups in total. The first-order valence-electron chi connectivity index (χ1n) is 7.36. The van der Waals surface area contributed by atoms with Gasteiger partial charge in [0.15, 0.2) is 0 Å². The Balaban J connectivity index is 1.88. The number of alkyl halides is 3. The van der Waals surface area contributed by atoms with Crippen LogP contribution in [-0.2, 0) is 15.8 Å². The first-order valence-corrected chi connectivity index (χ1v) is 7.36. The van der Waals surface area contributed by atoms with E-state index in [-0.39, 0.29) is 24.3 Å². The molecule has 1 amide bonds. The zero-order valence-corrected chi connectivity index (χ0v) is 12.6. The predicted octanol–water partition coefficient (Wildman–Crippen LogP) is 3.18. The van der Waals surface area contributed by atoms with E-state index in [9.17, 15) is 22.8 Å². The van der Waals surface area contributed by atoms with E-state index in [1.165, 1.54) is 6.07 Å². The van der Waals surface area contributed by atoms with Gasteiger partial charge in [0.2, 0.25) is 5.91 Å². The highest BCUT2D eigenvalue weighted by Crippen LogP contribution is 2.32. The molecule has 1 fully saturated rings. The van der Waals surface area contributed by atoms with Gasteiger partial charge in [0, 0.05) is 12.5 Å². The van der Waals surface area contributed by atoms with Crippen molar-refractivity contribution in [1.82, 2.24) is 5.32 Å². The molecule has 23 heavy (non-hydrogen) atoms. The molecule has 0 radical (unpaired) electrons. The number of aliphatic carboxylic acids is 1. The minimum atomic E-state index is -4.41. The van der Waals surface area contributed by atoms with Gasteiger partial charge in [-0.1, -0.05) is 25.1 Å². The number of hydrogen-bond donors (Lipinski definition) is 2. The first kappa shape index (κ1) is 17.3. The summed E-state index contributed by atoms with van der Waals surface area (Å²) in [5.74, 6) is -1.91. The Morgan fingerprint density at radius 2 is 2.00 bits per heavy atom. The lowest BCUT2D eigenvalue weighted by Crippen LogP contribution is -2.46. The van der Waals surface area contributed by atoms with E-state index in [0.29, 0.717) is 18.4 Å². The van der Waals surface area contributed by atoms with Crippen molar-refractivity contribution < 1.29 is 27.9 Å². The Morgan fingerprint density at radius 3 is 2.57 bits per heavy atom. The van der Waals surface area contributed by atoms with Crippen molar-refractivity contribution in [2.45, 2.75) is 44.3 Å². The van der Waals surface area contributed by atoms with Gasteiger partial charge in [-0.25, -0.2) is 0 Å². The smallest absolute Gasteiger partial charge is 0.416 e. The van der Waals surface area contributed by atoms with Crippen molar-refractivity contribution in [3.8, 4) is 0 Å². The van der Waals surface area contributed by atoms with Crippen LogP contribution < -0.4 is 5.32 Å². The molecular formula is C16H18F3NO3. The zero-order chi connectivity index (χ0) is 17.2. The van der Waals surface area contributed by atoms with Gasteiger partial charge in [0.25, 0.3) is 0 Å². The molecular weight excluding hydrogens is 311 g/mol. The van der Waals surface area contributed by atoms with Gasteiger partial charge in [-0.05, 0) is 30.4 Å². The average molecular weight is 329 g/mol. The maximum absolute atomic E-state index is 12.7. The summed E-state index contributed by atoms with van der Waals surface area (Å²) in [5.41, 5.74) is -0.280. The number of carboxylic acid groups (broad SMARTS) is 1. The number of amides is 1. The van der Waals surface area contributed by atoms with Crippen molar-refractivity contribution in [3.63, 3.8) is 0 Å². The van der Waals surface area contributed by atoms with Crippen molar-refractivity contribution in [3.05, 3.63) is 35.4 Å². The molecule has 0 heterocycles. The number of rotatable bonds is 5. The van der Waals surface area contributed by atoms with Gasteiger partial charge >= 0.3 is 12.1 Å². The molecule has 1 aliphatic carbocycles. The molecule has 4 nitrogen and oxygen atoms in total. The molecule has 0 saturated heterocycles. The molecule has 126 valence electrons. The fourth-order valence-corrected chi connectivity index (χ4v) is 2.64. The monoisotopic (exact) mass is 329 g/mol. The summed E-state index contributed by atoms with van der Waals surface area (Å²) in [6.45, 7) is 1.69. The number of hydrogen-bond acceptors (Lipinski definition) is 2. The van der Waals surface area contributed by atoms with E-state index in [1.54, 1.807) is 13.0 Å². The highest BCUT2D eigenvalue weighted by atomic mass is 19.4. The third kappa shape index (κ3) is 4.46. The fourth-order valence-electron chi connectivity index (χ4n) is 2.64. The summed E-state index contributed by atoms with van der Waals surface area (Å²) in [7, 11) is 0. The summed E-state index contributed by atoms with van der Waals surface area (Å²) < 4.78 is 38.1. The van der Waals surface area contributed by atoms with E-state index in [0.717, 1.165) is 12.1 Å². The first-order chi connectivity index (χ1) is 10.7. The van der Waals surface area contributed by atoms with Gasteiger partial charge in [-0.15, -0.1) is 0 Å². The lowest BCUT2D eigenvalue weighted by atomic mass is 9.80. The van der Waals surface area contributed by atoms with Crippen molar-refractivity contribution in [2.75, 3.05) is 0 Å². The largest absolute Gasteiger partial charge is 0.481 e. The maximum atomic E-state index is 12.7. The van der Waals surface area contributed by atoms with Gasteiger partial charge in [0.1, 0.15) is 0 Å². The number of carbonyl (C=O) groups is 2. The number of carbonyl (C=O) groups excluding carboxylic acids is 1. The van der Waals surface area contributed by atoms with Gasteiger partial charge in [0.05, 0.1) is 11.5 Å². The summed E-state index contributed by atoms with van der Waals surface area (Å²) in [6.07, 6.45) is -3.54. The topological polar surface area (TPSA) is 66.4 Å². The van der Waals surface area contributed by atoms with Crippen LogP contribution in [0, 0.1) is 5.92 Å². The Labute approximate surface area is 131 Å². The molecule has 7 heteroatoms. The van der Waals surface area contributed by atoms with Gasteiger partial charge in [-0.2, -0.15) is 13.2 Å². The minimum absolute atomic E-state index is 0.0650. The van der Waals surface area contributed by atoms with Crippen LogP contribution in [-0.4, -0.2) is 23.0 Å². The van der Waals surface area contributed by atoms with Gasteiger partial charge in [-0.3, -0.25) is 9.59 Å². The van der Waals surface area contributed by atoms with Crippen molar-refractivity contribution in [1.29, 1.82) is 0 Å². The zero-order valence-electron chi connectivity index (χ0n) is 12.6. The molecule has 0 spiro atoms. The molecule has 1 unspecified atom stereocenters. The normalized spacial score (nSPS) is 22.1. The van der Waals surface area contributed by atoms with Crippen LogP contribution in [0.4, 0.5) is 13.2 Å². The quantitative estimate of drug-likeness (QED) is 0.872. The van der Waals surface area contributed by atoms with Gasteiger partial charge < -0.3 is 10.4 Å². The van der Waals surface area contributed by atoms with E-state index in [1.807, 2.05) is 0 Å². The number of halogens is 3. The van der Waals surface area contributed by atoms with E-state index in [4.69, 9.17) is 5.11 Å². The van der Waals surface area contributed by atoms with Crippen molar-refractivity contribution >= 4 is 11.9 Å². The Bertz CT molecular complexity index is 594. The van der Waals surface area contributed by atoms with E-state index >= 15 is 0 Å². The molecule has 1 atom stereocenters. The molecule has 0 aromatic heterocycles. The van der Waals surface area contributed by atoms with Crippen LogP contribution in [0.2, 0.25) is 0 Å². The van der Waals surface area contributed by atoms with Crippen LogP contribution >= 0.6 is 0 Å². The highest BCUT2D eigenvalue weighted by molar-refractivity contribution is 5.78. The minimum Gasteiger partial charge on any atom is -0.481 e. The standard InChI is InChI=1S/C16H18F3NO3/c1-9(10-3-2-4-12(6-10)16(17,18)19)5-14(21)20-13-7-11(8-13)15(22)23/h2-4,6,9,11,13H,5,7-8H2,1H3,(H,20,21)(H,22,23). The van der Waals surface area contributed by atoms with Crippen LogP contribution in [0.5, 0.6) is 0 Å². The van der Waals surface area contributed by atoms with E-state index < -0.39 is 23.6 Å². The summed E-state index contributed by atoms with van der Waals surface area (Å²) in [6, 6.07) is 4.79. The van der Waals surface area contributed by atoms with Crippen LogP contribution in [0.1, 0.15) is 43.2 Å². The van der Waals surface area contributed by atoms with Crippen LogP contribution in [0.25, 0.3) is 0 Å². The second kappa shape index (κ2) is 6.60. The fraction of sp³-hybridized carbons (Fsp3) is 0.500. The van der Waals surface area contributed by atoms with Crippen LogP contribution in [0.3, 0.4) is 0 Å². The molecule has 0 bridgehead atoms. The Hall–Kier alpha value is -2.05. The van der Waals surface area contributed by atoms with Crippen molar-refractivity contribution in [2.24, 2.45) is 5.92 Å². The summed E-state index contributed by atoms with van der Waals surface area (Å²) >= 11 is 0. The number of carboxylic acids is 1. The lowest BCUT2D eigenvalue weighted by Gasteiger charge is -2.33. The summed E-state index contributed by atoms with van der Waals surface area (Å²) in [5, 5.41) is 11.5. The molecule has 2 rings (SSSR count). The SMILES string of the molecule is CC(CC(=O)NC1CC(C(=O)O)C1)c1cccc(C(F)(F)F)c1. The second-order valence-corrected chi connectivity index (χ2v) is 6.00. The maximum Gasteiger partial charge on any atom is 0.416 e. The average Bonchev–Trinajstić information content (AvgIpc) is 2.41. The molecule has 1 saturated carbocycles. The molecule has 0 aliphatic heterocycles. The third-order valence-electron chi connectivity index (χ3n) is 4.13. The molecule has 1 aromatic carbocycles. The second-order valence-electron chi connectivity index (χ2n) is 6.00. The lowest BCUT2D eigenvalue weighted by molar-refractivity contribution is -0.146. The number of benzene rings is 1. The van der Waals surface area contributed by atoms with Crippen LogP contribution in [0.15, 0.2) is 24.3 Å². The highest BCUT2D eigenvalue weighted by Gasteiger charge is 2.35. The predicted molar refractivity (Wildman–Crippen MR) is 76.8 cm³/mol. The Morgan fingerprint density at radius 1 is 1.35 bits per heavy atom. The molecule has 1 aromatic rings.